The van der Waals surface area contributed by atoms with Gasteiger partial charge in [-0.25, -0.2) is 0 Å². The second-order valence-electron chi connectivity index (χ2n) is 3.60. The van der Waals surface area contributed by atoms with E-state index in [0.717, 1.165) is 5.69 Å². The summed E-state index contributed by atoms with van der Waals surface area (Å²) >= 11 is 0. The van der Waals surface area contributed by atoms with Gasteiger partial charge in [-0.15, -0.1) is 6.42 Å². The lowest BCUT2D eigenvalue weighted by Gasteiger charge is -2.17. The Kier molecular flexibility index (Phi) is 4.56. The summed E-state index contributed by atoms with van der Waals surface area (Å²) < 4.78 is 0. The summed E-state index contributed by atoms with van der Waals surface area (Å²) in [5.74, 6) is 2.43. The molecule has 0 fully saturated rings. The number of nitrogens with zero attached hydrogens (tertiary/aromatic N) is 1. The number of anilines is 1. The molecule has 0 bridgehead atoms. The van der Waals surface area contributed by atoms with Crippen molar-refractivity contribution in [2.24, 2.45) is 0 Å². The van der Waals surface area contributed by atoms with Gasteiger partial charge in [-0.1, -0.05) is 23.6 Å². The van der Waals surface area contributed by atoms with Crippen molar-refractivity contribution in [3.8, 4) is 12.3 Å². The number of amides is 1. The van der Waals surface area contributed by atoms with E-state index in [4.69, 9.17) is 6.42 Å². The number of carbonyl (C=O) groups excluding carboxylic acids is 1. The van der Waals surface area contributed by atoms with Crippen molar-refractivity contribution in [3.63, 3.8) is 0 Å². The van der Waals surface area contributed by atoms with Crippen LogP contribution >= 0.6 is 0 Å². The Balaban J connectivity index is 2.57. The minimum absolute atomic E-state index is 0.000830. The van der Waals surface area contributed by atoms with Crippen molar-refractivity contribution in [3.05, 3.63) is 29.8 Å². The molecule has 1 amide bonds. The van der Waals surface area contributed by atoms with Crippen LogP contribution in [-0.2, 0) is 4.79 Å². The van der Waals surface area contributed by atoms with Crippen LogP contribution in [-0.4, -0.2) is 26.0 Å². The molecule has 3 heteroatoms. The molecule has 1 aromatic carbocycles. The second-order valence-corrected chi connectivity index (χ2v) is 3.60. The minimum atomic E-state index is -0.000830. The van der Waals surface area contributed by atoms with Gasteiger partial charge in [0.2, 0.25) is 5.91 Å². The summed E-state index contributed by atoms with van der Waals surface area (Å²) in [6.45, 7) is 2.68. The number of carbonyl (C=O) groups is 1. The molecular formula is C13H16N2O. The highest BCUT2D eigenvalue weighted by Crippen LogP contribution is 2.12. The summed E-state index contributed by atoms with van der Waals surface area (Å²) in [5, 5.41) is 2.87. The van der Waals surface area contributed by atoms with Gasteiger partial charge in [0.05, 0.1) is 13.1 Å². The van der Waals surface area contributed by atoms with E-state index in [0.29, 0.717) is 6.54 Å². The molecule has 84 valence electrons. The van der Waals surface area contributed by atoms with E-state index in [9.17, 15) is 4.79 Å². The molecule has 0 aliphatic rings. The van der Waals surface area contributed by atoms with E-state index >= 15 is 0 Å². The quantitative estimate of drug-likeness (QED) is 0.605. The molecule has 0 aliphatic carbocycles. The normalized spacial score (nSPS) is 9.56. The number of hydrogen-bond donors (Lipinski definition) is 1. The lowest BCUT2D eigenvalue weighted by Crippen LogP contribution is -2.35. The summed E-state index contributed by atoms with van der Waals surface area (Å²) in [6.07, 6.45) is 5.08. The number of likely N-dealkylation sites (N-methyl/N-ethyl adjacent to an activating group) is 1. The number of hydrogen-bond acceptors (Lipinski definition) is 2. The third-order valence-electron chi connectivity index (χ3n) is 2.30. The predicted octanol–water partition coefficient (Wildman–Crippen LogP) is 1.18. The fraction of sp³-hybridized carbons (Fsp3) is 0.308. The molecule has 0 radical (unpaired) electrons. The second kappa shape index (κ2) is 5.94. The molecule has 0 aromatic heterocycles. The molecule has 0 aliphatic heterocycles. The van der Waals surface area contributed by atoms with Crippen LogP contribution in [0.15, 0.2) is 24.3 Å². The molecule has 1 N–H and O–H groups in total. The van der Waals surface area contributed by atoms with Crippen LogP contribution < -0.4 is 10.2 Å². The first kappa shape index (κ1) is 12.3. The highest BCUT2D eigenvalue weighted by molar-refractivity contribution is 5.94. The van der Waals surface area contributed by atoms with Crippen LogP contribution in [0.1, 0.15) is 5.56 Å². The topological polar surface area (TPSA) is 32.3 Å². The van der Waals surface area contributed by atoms with Gasteiger partial charge < -0.3 is 4.90 Å². The van der Waals surface area contributed by atoms with Crippen molar-refractivity contribution in [1.29, 1.82) is 0 Å². The third kappa shape index (κ3) is 3.41. The van der Waals surface area contributed by atoms with Crippen molar-refractivity contribution in [2.45, 2.75) is 6.92 Å². The van der Waals surface area contributed by atoms with Gasteiger partial charge in [0.1, 0.15) is 0 Å². The summed E-state index contributed by atoms with van der Waals surface area (Å²) in [6, 6.07) is 7.81. The van der Waals surface area contributed by atoms with Gasteiger partial charge in [-0.05, 0) is 19.1 Å². The van der Waals surface area contributed by atoms with E-state index in [1.165, 1.54) is 5.56 Å². The van der Waals surface area contributed by atoms with E-state index in [2.05, 4.69) is 11.2 Å². The number of rotatable bonds is 4. The van der Waals surface area contributed by atoms with Crippen LogP contribution in [0.4, 0.5) is 5.69 Å². The van der Waals surface area contributed by atoms with E-state index < -0.39 is 0 Å². The highest BCUT2D eigenvalue weighted by atomic mass is 16.2. The minimum Gasteiger partial charge on any atom is -0.314 e. The maximum absolute atomic E-state index is 11.7. The van der Waals surface area contributed by atoms with E-state index in [1.54, 1.807) is 11.9 Å². The van der Waals surface area contributed by atoms with E-state index in [-0.39, 0.29) is 12.5 Å². The van der Waals surface area contributed by atoms with Crippen LogP contribution in [0, 0.1) is 19.3 Å². The molecule has 0 atom stereocenters. The summed E-state index contributed by atoms with van der Waals surface area (Å²) in [5.41, 5.74) is 2.06. The van der Waals surface area contributed by atoms with Crippen molar-refractivity contribution in [1.82, 2.24) is 5.32 Å². The number of terminal acetylenes is 1. The fourth-order valence-corrected chi connectivity index (χ4v) is 1.27. The van der Waals surface area contributed by atoms with Crippen LogP contribution in [0.25, 0.3) is 0 Å². The standard InChI is InChI=1S/C13H16N2O/c1-4-9-14-10-13(16)15(3)12-7-5-11(2)6-8-12/h1,5-8,14H,9-10H2,2-3H3. The molecule has 0 heterocycles. The van der Waals surface area contributed by atoms with Gasteiger partial charge >= 0.3 is 0 Å². The fourth-order valence-electron chi connectivity index (χ4n) is 1.27. The number of benzene rings is 1. The monoisotopic (exact) mass is 216 g/mol. The molecule has 3 nitrogen and oxygen atoms in total. The van der Waals surface area contributed by atoms with Crippen LogP contribution in [0.5, 0.6) is 0 Å². The van der Waals surface area contributed by atoms with Crippen molar-refractivity contribution >= 4 is 11.6 Å². The van der Waals surface area contributed by atoms with Gasteiger partial charge in [0, 0.05) is 12.7 Å². The first-order chi connectivity index (χ1) is 7.65. The van der Waals surface area contributed by atoms with Crippen molar-refractivity contribution < 1.29 is 4.79 Å². The molecule has 0 saturated heterocycles. The summed E-state index contributed by atoms with van der Waals surface area (Å²) in [4.78, 5) is 13.3. The molecule has 1 aromatic rings. The van der Waals surface area contributed by atoms with Gasteiger partial charge in [-0.2, -0.15) is 0 Å². The Bertz CT molecular complexity index is 389. The highest BCUT2D eigenvalue weighted by Gasteiger charge is 2.09. The van der Waals surface area contributed by atoms with Gasteiger partial charge in [0.15, 0.2) is 0 Å². The largest absolute Gasteiger partial charge is 0.314 e. The third-order valence-corrected chi connectivity index (χ3v) is 2.30. The SMILES string of the molecule is C#CCNCC(=O)N(C)c1ccc(C)cc1. The molecule has 0 unspecified atom stereocenters. The Morgan fingerprint density at radius 2 is 2.06 bits per heavy atom. The lowest BCUT2D eigenvalue weighted by atomic mass is 10.2. The Hall–Kier alpha value is -1.79. The maximum atomic E-state index is 11.7. The molecule has 16 heavy (non-hydrogen) atoms. The first-order valence-corrected chi connectivity index (χ1v) is 5.12. The Labute approximate surface area is 96.5 Å². The van der Waals surface area contributed by atoms with Crippen molar-refractivity contribution in [2.75, 3.05) is 25.0 Å². The van der Waals surface area contributed by atoms with Crippen LogP contribution in [0.3, 0.4) is 0 Å². The Morgan fingerprint density at radius 1 is 1.44 bits per heavy atom. The molecule has 0 spiro atoms. The summed E-state index contributed by atoms with van der Waals surface area (Å²) in [7, 11) is 1.75. The molecule has 0 saturated carbocycles. The lowest BCUT2D eigenvalue weighted by molar-refractivity contribution is -0.117. The number of aryl methyl sites for hydroxylation is 1. The predicted molar refractivity (Wildman–Crippen MR) is 66.3 cm³/mol. The average Bonchev–Trinajstić information content (AvgIpc) is 2.29. The smallest absolute Gasteiger partial charge is 0.240 e. The zero-order chi connectivity index (χ0) is 12.0. The maximum Gasteiger partial charge on any atom is 0.240 e. The molecule has 1 rings (SSSR count). The Morgan fingerprint density at radius 3 is 2.62 bits per heavy atom. The average molecular weight is 216 g/mol. The van der Waals surface area contributed by atoms with Crippen LogP contribution in [0.2, 0.25) is 0 Å². The molecular weight excluding hydrogens is 200 g/mol. The number of nitrogens with one attached hydrogen (secondary N) is 1. The van der Waals surface area contributed by atoms with Gasteiger partial charge in [-0.3, -0.25) is 10.1 Å². The zero-order valence-electron chi connectivity index (χ0n) is 9.66. The van der Waals surface area contributed by atoms with Gasteiger partial charge in [0.25, 0.3) is 0 Å². The first-order valence-electron chi connectivity index (χ1n) is 5.12. The van der Waals surface area contributed by atoms with E-state index in [1.807, 2.05) is 31.2 Å². The zero-order valence-corrected chi connectivity index (χ0v) is 9.66.